The number of anilines is 1. The normalized spacial score (nSPS) is 13.8. The standard InChI is InChI=1S/C21H19FN2O4/c1-4-9-24-20(25)18(13-5-7-14(22)8-6-13)19(21(24)26)23-15-10-16(27-2)12-17(11-15)28-3/h4-8,10-12,23H,1,9H2,2-3H3. The van der Waals surface area contributed by atoms with E-state index in [4.69, 9.17) is 9.47 Å². The number of nitrogens with zero attached hydrogens (tertiary/aromatic N) is 1. The van der Waals surface area contributed by atoms with Crippen LogP contribution < -0.4 is 14.8 Å². The molecule has 0 atom stereocenters. The molecule has 3 rings (SSSR count). The van der Waals surface area contributed by atoms with Crippen molar-refractivity contribution in [2.75, 3.05) is 26.1 Å². The van der Waals surface area contributed by atoms with Gasteiger partial charge in [-0.1, -0.05) is 18.2 Å². The lowest BCUT2D eigenvalue weighted by molar-refractivity contribution is -0.136. The van der Waals surface area contributed by atoms with Crippen molar-refractivity contribution in [1.82, 2.24) is 4.90 Å². The number of methoxy groups -OCH3 is 2. The predicted molar refractivity (Wildman–Crippen MR) is 103 cm³/mol. The van der Waals surface area contributed by atoms with Crippen molar-refractivity contribution in [3.63, 3.8) is 0 Å². The molecule has 1 heterocycles. The molecule has 1 aliphatic rings. The van der Waals surface area contributed by atoms with Gasteiger partial charge in [-0.05, 0) is 17.7 Å². The van der Waals surface area contributed by atoms with E-state index in [-0.39, 0.29) is 17.8 Å². The Morgan fingerprint density at radius 1 is 1.04 bits per heavy atom. The highest BCUT2D eigenvalue weighted by Gasteiger charge is 2.38. The number of hydrogen-bond donors (Lipinski definition) is 1. The van der Waals surface area contributed by atoms with Crippen LogP contribution in [0, 0.1) is 5.82 Å². The van der Waals surface area contributed by atoms with E-state index in [0.717, 1.165) is 4.90 Å². The van der Waals surface area contributed by atoms with E-state index in [9.17, 15) is 14.0 Å². The highest BCUT2D eigenvalue weighted by atomic mass is 19.1. The summed E-state index contributed by atoms with van der Waals surface area (Å²) in [5, 5.41) is 3.00. The van der Waals surface area contributed by atoms with Gasteiger partial charge >= 0.3 is 0 Å². The van der Waals surface area contributed by atoms with E-state index in [1.165, 1.54) is 44.6 Å². The molecule has 1 aliphatic heterocycles. The van der Waals surface area contributed by atoms with E-state index in [2.05, 4.69) is 11.9 Å². The third-order valence-corrected chi connectivity index (χ3v) is 4.23. The Morgan fingerprint density at radius 3 is 2.18 bits per heavy atom. The second-order valence-electron chi connectivity index (χ2n) is 5.99. The molecule has 2 aromatic rings. The molecular formula is C21H19FN2O4. The first-order valence-corrected chi connectivity index (χ1v) is 8.46. The summed E-state index contributed by atoms with van der Waals surface area (Å²) in [6.45, 7) is 3.65. The number of imide groups is 1. The van der Waals surface area contributed by atoms with Crippen LogP contribution in [0.3, 0.4) is 0 Å². The van der Waals surface area contributed by atoms with Crippen LogP contribution in [-0.4, -0.2) is 37.5 Å². The fourth-order valence-electron chi connectivity index (χ4n) is 2.90. The molecule has 0 radical (unpaired) electrons. The van der Waals surface area contributed by atoms with Crippen LogP contribution >= 0.6 is 0 Å². The summed E-state index contributed by atoms with van der Waals surface area (Å²) >= 11 is 0. The third kappa shape index (κ3) is 3.59. The van der Waals surface area contributed by atoms with Crippen molar-refractivity contribution >= 4 is 23.1 Å². The number of halogens is 1. The van der Waals surface area contributed by atoms with Crippen LogP contribution in [0.4, 0.5) is 10.1 Å². The lowest BCUT2D eigenvalue weighted by Gasteiger charge is -2.13. The van der Waals surface area contributed by atoms with Crippen LogP contribution in [-0.2, 0) is 9.59 Å². The zero-order chi connectivity index (χ0) is 20.3. The molecule has 1 N–H and O–H groups in total. The summed E-state index contributed by atoms with van der Waals surface area (Å²) in [5.74, 6) is -0.369. The van der Waals surface area contributed by atoms with E-state index >= 15 is 0 Å². The Morgan fingerprint density at radius 2 is 1.64 bits per heavy atom. The molecule has 0 fully saturated rings. The van der Waals surface area contributed by atoms with Gasteiger partial charge in [-0.3, -0.25) is 14.5 Å². The summed E-state index contributed by atoms with van der Waals surface area (Å²) in [6.07, 6.45) is 1.47. The summed E-state index contributed by atoms with van der Waals surface area (Å²) in [7, 11) is 3.02. The maximum absolute atomic E-state index is 13.3. The first-order chi connectivity index (χ1) is 13.5. The van der Waals surface area contributed by atoms with Gasteiger partial charge in [0.25, 0.3) is 11.8 Å². The summed E-state index contributed by atoms with van der Waals surface area (Å²) in [6, 6.07) is 10.4. The molecule has 6 nitrogen and oxygen atoms in total. The van der Waals surface area contributed by atoms with Gasteiger partial charge in [0.05, 0.1) is 19.8 Å². The number of benzene rings is 2. The van der Waals surface area contributed by atoms with Crippen molar-refractivity contribution in [3.8, 4) is 11.5 Å². The van der Waals surface area contributed by atoms with Gasteiger partial charge in [0.15, 0.2) is 0 Å². The molecule has 0 aromatic heterocycles. The first-order valence-electron chi connectivity index (χ1n) is 8.46. The van der Waals surface area contributed by atoms with Crippen molar-refractivity contribution in [2.45, 2.75) is 0 Å². The van der Waals surface area contributed by atoms with Crippen LogP contribution in [0.1, 0.15) is 5.56 Å². The molecule has 0 bridgehead atoms. The van der Waals surface area contributed by atoms with Gasteiger partial charge in [0, 0.05) is 30.4 Å². The summed E-state index contributed by atoms with van der Waals surface area (Å²) in [4.78, 5) is 26.8. The topological polar surface area (TPSA) is 67.9 Å². The van der Waals surface area contributed by atoms with E-state index in [1.54, 1.807) is 18.2 Å². The fourth-order valence-corrected chi connectivity index (χ4v) is 2.90. The van der Waals surface area contributed by atoms with Gasteiger partial charge in [-0.15, -0.1) is 6.58 Å². The lowest BCUT2D eigenvalue weighted by Crippen LogP contribution is -2.32. The van der Waals surface area contributed by atoms with Crippen LogP contribution in [0.25, 0.3) is 5.57 Å². The zero-order valence-corrected chi connectivity index (χ0v) is 15.5. The Hall–Kier alpha value is -3.61. The van der Waals surface area contributed by atoms with Gasteiger partial charge in [0.2, 0.25) is 0 Å². The smallest absolute Gasteiger partial charge is 0.278 e. The minimum Gasteiger partial charge on any atom is -0.497 e. The second-order valence-corrected chi connectivity index (χ2v) is 5.99. The molecule has 0 aliphatic carbocycles. The number of amides is 2. The number of ether oxygens (including phenoxy) is 2. The molecule has 0 unspecified atom stereocenters. The highest BCUT2D eigenvalue weighted by molar-refractivity contribution is 6.36. The molecule has 2 aromatic carbocycles. The molecule has 144 valence electrons. The molecule has 28 heavy (non-hydrogen) atoms. The van der Waals surface area contributed by atoms with E-state index < -0.39 is 17.6 Å². The molecule has 0 saturated heterocycles. The van der Waals surface area contributed by atoms with Gasteiger partial charge in [0.1, 0.15) is 23.0 Å². The van der Waals surface area contributed by atoms with Gasteiger partial charge in [-0.2, -0.15) is 0 Å². The average Bonchev–Trinajstić information content (AvgIpc) is 2.93. The SMILES string of the molecule is C=CCN1C(=O)C(Nc2cc(OC)cc(OC)c2)=C(c2ccc(F)cc2)C1=O. The van der Waals surface area contributed by atoms with Gasteiger partial charge < -0.3 is 14.8 Å². The van der Waals surface area contributed by atoms with Crippen molar-refractivity contribution in [3.05, 3.63) is 72.2 Å². The van der Waals surface area contributed by atoms with E-state index in [1.807, 2.05) is 0 Å². The number of nitrogens with one attached hydrogen (secondary N) is 1. The maximum atomic E-state index is 13.3. The predicted octanol–water partition coefficient (Wildman–Crippen LogP) is 3.22. The second kappa shape index (κ2) is 7.96. The number of rotatable bonds is 7. The molecule has 7 heteroatoms. The molecule has 0 spiro atoms. The largest absolute Gasteiger partial charge is 0.497 e. The van der Waals surface area contributed by atoms with Crippen molar-refractivity contribution in [1.29, 1.82) is 0 Å². The summed E-state index contributed by atoms with van der Waals surface area (Å²) < 4.78 is 23.8. The lowest BCUT2D eigenvalue weighted by atomic mass is 10.0. The van der Waals surface area contributed by atoms with Crippen LogP contribution in [0.15, 0.2) is 60.8 Å². The van der Waals surface area contributed by atoms with Crippen LogP contribution in [0.2, 0.25) is 0 Å². The highest BCUT2D eigenvalue weighted by Crippen LogP contribution is 2.33. The maximum Gasteiger partial charge on any atom is 0.278 e. The Kier molecular flexibility index (Phi) is 5.44. The van der Waals surface area contributed by atoms with Crippen molar-refractivity contribution < 1.29 is 23.5 Å². The minimum absolute atomic E-state index is 0.0645. The average molecular weight is 382 g/mol. The first kappa shape index (κ1) is 19.2. The fraction of sp³-hybridized carbons (Fsp3) is 0.143. The number of carbonyl (C=O) groups is 2. The Labute approximate surface area is 161 Å². The van der Waals surface area contributed by atoms with Gasteiger partial charge in [-0.25, -0.2) is 4.39 Å². The minimum atomic E-state index is -0.494. The van der Waals surface area contributed by atoms with E-state index in [0.29, 0.717) is 22.7 Å². The van der Waals surface area contributed by atoms with Crippen LogP contribution in [0.5, 0.6) is 11.5 Å². The Balaban J connectivity index is 2.09. The number of hydrogen-bond acceptors (Lipinski definition) is 5. The third-order valence-electron chi connectivity index (χ3n) is 4.23. The number of carbonyl (C=O) groups excluding carboxylic acids is 2. The zero-order valence-electron chi connectivity index (χ0n) is 15.5. The van der Waals surface area contributed by atoms with Crippen molar-refractivity contribution in [2.24, 2.45) is 0 Å². The monoisotopic (exact) mass is 382 g/mol. The summed E-state index contributed by atoms with van der Waals surface area (Å²) in [5.41, 5.74) is 1.19. The molecule has 2 amide bonds. The Bertz CT molecular complexity index is 945. The molecular weight excluding hydrogens is 363 g/mol. The quantitative estimate of drug-likeness (QED) is 0.588. The molecule has 0 saturated carbocycles.